The molecule has 0 fully saturated rings. The van der Waals surface area contributed by atoms with Gasteiger partial charge in [0.25, 0.3) is 5.91 Å². The number of carbonyl (C=O) groups is 1. The Morgan fingerprint density at radius 3 is 2.74 bits per heavy atom. The van der Waals surface area contributed by atoms with E-state index < -0.39 is 0 Å². The number of hydrogen-bond acceptors (Lipinski definition) is 4. The molecule has 4 nitrogen and oxygen atoms in total. The van der Waals surface area contributed by atoms with Crippen molar-refractivity contribution in [2.75, 3.05) is 26.4 Å². The molecular formula is C16H19Cl2N3OS. The van der Waals surface area contributed by atoms with Crippen LogP contribution in [0.3, 0.4) is 0 Å². The number of hydrazone groups is 1. The van der Waals surface area contributed by atoms with E-state index in [1.165, 1.54) is 0 Å². The molecule has 1 aliphatic heterocycles. The number of carbonyl (C=O) groups excluding carboxylic acids is 1. The lowest BCUT2D eigenvalue weighted by atomic mass is 10.1. The predicted octanol–water partition coefficient (Wildman–Crippen LogP) is 3.76. The predicted molar refractivity (Wildman–Crippen MR) is 98.8 cm³/mol. The van der Waals surface area contributed by atoms with Crippen LogP contribution in [-0.2, 0) is 4.79 Å². The summed E-state index contributed by atoms with van der Waals surface area (Å²) in [6, 6.07) is 3.70. The average molecular weight is 372 g/mol. The summed E-state index contributed by atoms with van der Waals surface area (Å²) >= 11 is 13.8. The SMILES string of the molecule is Cc1cc(SCC2=NNC(=O)/C2=C/CCN(C)C)c(Cl)cc1Cl. The molecule has 23 heavy (non-hydrogen) atoms. The molecule has 2 rings (SSSR count). The van der Waals surface area contributed by atoms with Gasteiger partial charge in [-0.2, -0.15) is 5.10 Å². The number of nitrogens with one attached hydrogen (secondary N) is 1. The van der Waals surface area contributed by atoms with Crippen LogP contribution in [0.25, 0.3) is 0 Å². The van der Waals surface area contributed by atoms with Gasteiger partial charge in [0, 0.05) is 22.2 Å². The summed E-state index contributed by atoms with van der Waals surface area (Å²) in [6.45, 7) is 2.83. The first-order valence-electron chi connectivity index (χ1n) is 7.19. The maximum Gasteiger partial charge on any atom is 0.272 e. The van der Waals surface area contributed by atoms with Crippen LogP contribution >= 0.6 is 35.0 Å². The Kier molecular flexibility index (Phi) is 6.53. The molecule has 1 aromatic carbocycles. The van der Waals surface area contributed by atoms with Crippen molar-refractivity contribution in [1.82, 2.24) is 10.3 Å². The molecule has 0 atom stereocenters. The van der Waals surface area contributed by atoms with Crippen molar-refractivity contribution in [3.8, 4) is 0 Å². The summed E-state index contributed by atoms with van der Waals surface area (Å²) in [6.07, 6.45) is 2.75. The first kappa shape index (κ1) is 18.3. The second-order valence-corrected chi connectivity index (χ2v) is 7.36. The van der Waals surface area contributed by atoms with Crippen LogP contribution in [0.2, 0.25) is 10.0 Å². The van der Waals surface area contributed by atoms with Gasteiger partial charge in [0.1, 0.15) is 0 Å². The Labute approximate surface area is 150 Å². The van der Waals surface area contributed by atoms with Crippen LogP contribution in [0.15, 0.2) is 33.8 Å². The van der Waals surface area contributed by atoms with Crippen LogP contribution in [0.4, 0.5) is 0 Å². The summed E-state index contributed by atoms with van der Waals surface area (Å²) in [5.74, 6) is 0.436. The zero-order valence-electron chi connectivity index (χ0n) is 13.3. The molecule has 0 saturated heterocycles. The van der Waals surface area contributed by atoms with E-state index in [1.54, 1.807) is 17.8 Å². The second-order valence-electron chi connectivity index (χ2n) is 5.53. The number of thioether (sulfide) groups is 1. The number of nitrogens with zero attached hydrogens (tertiary/aromatic N) is 2. The quantitative estimate of drug-likeness (QED) is 0.611. The topological polar surface area (TPSA) is 44.7 Å². The second kappa shape index (κ2) is 8.20. The van der Waals surface area contributed by atoms with Crippen molar-refractivity contribution in [2.24, 2.45) is 5.10 Å². The molecule has 1 amide bonds. The monoisotopic (exact) mass is 371 g/mol. The highest BCUT2D eigenvalue weighted by molar-refractivity contribution is 8.00. The Morgan fingerprint density at radius 1 is 1.30 bits per heavy atom. The number of aryl methyl sites for hydroxylation is 1. The minimum absolute atomic E-state index is 0.141. The maximum absolute atomic E-state index is 11.9. The summed E-state index contributed by atoms with van der Waals surface area (Å²) < 4.78 is 0. The summed E-state index contributed by atoms with van der Waals surface area (Å²) in [4.78, 5) is 14.9. The van der Waals surface area contributed by atoms with Crippen LogP contribution in [-0.4, -0.2) is 42.9 Å². The van der Waals surface area contributed by atoms with Gasteiger partial charge in [-0.1, -0.05) is 29.3 Å². The first-order valence-corrected chi connectivity index (χ1v) is 8.93. The standard InChI is InChI=1S/C16H19Cl2N3OS/c1-10-7-15(13(18)8-12(10)17)23-9-14-11(16(22)20-19-14)5-4-6-21(2)3/h5,7-8H,4,6,9H2,1-3H3,(H,20,22)/b11-5+. The van der Waals surface area contributed by atoms with E-state index in [0.717, 1.165) is 29.1 Å². The smallest absolute Gasteiger partial charge is 0.272 e. The molecule has 1 aliphatic rings. The van der Waals surface area contributed by atoms with Gasteiger partial charge in [-0.05, 0) is 45.1 Å². The molecule has 0 unspecified atom stereocenters. The lowest BCUT2D eigenvalue weighted by Gasteiger charge is -2.08. The number of hydrogen-bond donors (Lipinski definition) is 1. The molecule has 1 N–H and O–H groups in total. The van der Waals surface area contributed by atoms with Gasteiger partial charge in [-0.25, -0.2) is 5.43 Å². The lowest BCUT2D eigenvalue weighted by molar-refractivity contribution is -0.116. The molecule has 0 spiro atoms. The summed E-state index contributed by atoms with van der Waals surface area (Å²) in [7, 11) is 4.01. The number of amides is 1. The van der Waals surface area contributed by atoms with Gasteiger partial charge in [0.15, 0.2) is 0 Å². The third-order valence-corrected chi connectivity index (χ3v) is 5.25. The van der Waals surface area contributed by atoms with E-state index in [4.69, 9.17) is 23.2 Å². The molecular weight excluding hydrogens is 353 g/mol. The Balaban J connectivity index is 2.04. The van der Waals surface area contributed by atoms with Crippen LogP contribution in [0.5, 0.6) is 0 Å². The largest absolute Gasteiger partial charge is 0.309 e. The lowest BCUT2D eigenvalue weighted by Crippen LogP contribution is -2.16. The Hall–Kier alpha value is -1.01. The number of benzene rings is 1. The normalized spacial score (nSPS) is 16.2. The first-order chi connectivity index (χ1) is 10.9. The van der Waals surface area contributed by atoms with Gasteiger partial charge < -0.3 is 4.90 Å². The fraction of sp³-hybridized carbons (Fsp3) is 0.375. The van der Waals surface area contributed by atoms with E-state index in [-0.39, 0.29) is 5.91 Å². The molecule has 1 aromatic rings. The molecule has 0 saturated carbocycles. The van der Waals surface area contributed by atoms with E-state index in [1.807, 2.05) is 33.2 Å². The fourth-order valence-electron chi connectivity index (χ4n) is 2.04. The van der Waals surface area contributed by atoms with Gasteiger partial charge in [-0.15, -0.1) is 11.8 Å². The molecule has 0 bridgehead atoms. The van der Waals surface area contributed by atoms with Crippen molar-refractivity contribution in [1.29, 1.82) is 0 Å². The Morgan fingerprint density at radius 2 is 2.04 bits per heavy atom. The molecule has 0 radical (unpaired) electrons. The molecule has 7 heteroatoms. The van der Waals surface area contributed by atoms with E-state index in [9.17, 15) is 4.79 Å². The van der Waals surface area contributed by atoms with Gasteiger partial charge >= 0.3 is 0 Å². The van der Waals surface area contributed by atoms with E-state index in [2.05, 4.69) is 15.4 Å². The highest BCUT2D eigenvalue weighted by Gasteiger charge is 2.22. The van der Waals surface area contributed by atoms with Crippen molar-refractivity contribution < 1.29 is 4.79 Å². The number of rotatable bonds is 6. The average Bonchev–Trinajstić information content (AvgIpc) is 2.82. The third kappa shape index (κ3) is 4.98. The Bertz CT molecular complexity index is 672. The van der Waals surface area contributed by atoms with E-state index in [0.29, 0.717) is 21.4 Å². The van der Waals surface area contributed by atoms with Gasteiger partial charge in [0.2, 0.25) is 0 Å². The minimum Gasteiger partial charge on any atom is -0.309 e. The minimum atomic E-state index is -0.141. The molecule has 124 valence electrons. The fourth-order valence-corrected chi connectivity index (χ4v) is 3.56. The van der Waals surface area contributed by atoms with E-state index >= 15 is 0 Å². The van der Waals surface area contributed by atoms with Crippen LogP contribution < -0.4 is 5.43 Å². The zero-order chi connectivity index (χ0) is 17.0. The van der Waals surface area contributed by atoms with Gasteiger partial charge in [0.05, 0.1) is 16.3 Å². The molecule has 1 heterocycles. The molecule has 0 aliphatic carbocycles. The summed E-state index contributed by atoms with van der Waals surface area (Å²) in [5.41, 5.74) is 4.91. The zero-order valence-corrected chi connectivity index (χ0v) is 15.6. The summed E-state index contributed by atoms with van der Waals surface area (Å²) in [5, 5.41) is 5.39. The van der Waals surface area contributed by atoms with Crippen molar-refractivity contribution in [2.45, 2.75) is 18.2 Å². The van der Waals surface area contributed by atoms with Crippen molar-refractivity contribution in [3.05, 3.63) is 39.4 Å². The number of halogens is 2. The van der Waals surface area contributed by atoms with Gasteiger partial charge in [-0.3, -0.25) is 4.79 Å². The van der Waals surface area contributed by atoms with Crippen molar-refractivity contribution in [3.63, 3.8) is 0 Å². The maximum atomic E-state index is 11.9. The third-order valence-electron chi connectivity index (χ3n) is 3.35. The highest BCUT2D eigenvalue weighted by Crippen LogP contribution is 2.32. The van der Waals surface area contributed by atoms with Crippen LogP contribution in [0.1, 0.15) is 12.0 Å². The highest BCUT2D eigenvalue weighted by atomic mass is 35.5. The molecule has 0 aromatic heterocycles. The van der Waals surface area contributed by atoms with Crippen LogP contribution in [0, 0.1) is 6.92 Å². The van der Waals surface area contributed by atoms with Crippen molar-refractivity contribution >= 4 is 46.6 Å².